The van der Waals surface area contributed by atoms with Crippen molar-refractivity contribution in [2.24, 2.45) is 5.73 Å². The smallest absolute Gasteiger partial charge is 0.410 e. The number of benzene rings is 1. The van der Waals surface area contributed by atoms with Gasteiger partial charge >= 0.3 is 6.09 Å². The van der Waals surface area contributed by atoms with Gasteiger partial charge in [0.1, 0.15) is 6.04 Å². The van der Waals surface area contributed by atoms with Gasteiger partial charge in [0.2, 0.25) is 5.91 Å². The van der Waals surface area contributed by atoms with Crippen molar-refractivity contribution >= 4 is 20.3 Å². The minimum atomic E-state index is -2.08. The SMILES string of the molecule is COC(=O)N1CC(NOCc2ccccc2)C=C(CO[Si](C)(C)C(C)(C)C)C1C(N)=O. The Labute approximate surface area is 185 Å². The molecule has 0 spiro atoms. The molecule has 0 saturated heterocycles. The second-order valence-electron chi connectivity index (χ2n) is 9.22. The lowest BCUT2D eigenvalue weighted by Crippen LogP contribution is -2.57. The van der Waals surface area contributed by atoms with E-state index in [1.807, 2.05) is 36.4 Å². The number of nitrogens with one attached hydrogen (secondary N) is 1. The summed E-state index contributed by atoms with van der Waals surface area (Å²) in [6, 6.07) is 8.45. The zero-order valence-electron chi connectivity index (χ0n) is 19.3. The van der Waals surface area contributed by atoms with Crippen LogP contribution >= 0.6 is 0 Å². The highest BCUT2D eigenvalue weighted by molar-refractivity contribution is 6.74. The highest BCUT2D eigenvalue weighted by atomic mass is 28.4. The average molecular weight is 450 g/mol. The van der Waals surface area contributed by atoms with Crippen molar-refractivity contribution in [3.63, 3.8) is 0 Å². The second kappa shape index (κ2) is 10.4. The van der Waals surface area contributed by atoms with Crippen molar-refractivity contribution in [3.8, 4) is 0 Å². The van der Waals surface area contributed by atoms with Crippen LogP contribution in [-0.2, 0) is 25.4 Å². The van der Waals surface area contributed by atoms with Crippen molar-refractivity contribution in [1.82, 2.24) is 10.4 Å². The molecule has 3 N–H and O–H groups in total. The maximum atomic E-state index is 12.4. The van der Waals surface area contributed by atoms with Crippen LogP contribution in [-0.4, -0.2) is 57.6 Å². The molecule has 172 valence electrons. The summed E-state index contributed by atoms with van der Waals surface area (Å²) < 4.78 is 11.2. The van der Waals surface area contributed by atoms with Gasteiger partial charge in [0.25, 0.3) is 0 Å². The Morgan fingerprint density at radius 1 is 1.19 bits per heavy atom. The molecule has 2 amide bonds. The largest absolute Gasteiger partial charge is 0.453 e. The molecule has 1 aromatic carbocycles. The summed E-state index contributed by atoms with van der Waals surface area (Å²) in [6.07, 6.45) is 1.24. The molecule has 0 radical (unpaired) electrons. The van der Waals surface area contributed by atoms with Crippen molar-refractivity contribution in [2.75, 3.05) is 20.3 Å². The van der Waals surface area contributed by atoms with Crippen LogP contribution in [0.2, 0.25) is 18.1 Å². The number of hydrogen-bond acceptors (Lipinski definition) is 6. The molecule has 0 aliphatic carbocycles. The van der Waals surface area contributed by atoms with Crippen LogP contribution in [0.1, 0.15) is 26.3 Å². The maximum Gasteiger partial charge on any atom is 0.410 e. The van der Waals surface area contributed by atoms with Gasteiger partial charge in [-0.05, 0) is 29.3 Å². The highest BCUT2D eigenvalue weighted by Gasteiger charge is 2.41. The molecule has 2 rings (SSSR count). The summed E-state index contributed by atoms with van der Waals surface area (Å²) in [5.74, 6) is -0.626. The third kappa shape index (κ3) is 6.64. The van der Waals surface area contributed by atoms with E-state index in [0.29, 0.717) is 12.2 Å². The summed E-state index contributed by atoms with van der Waals surface area (Å²) in [5.41, 5.74) is 10.3. The molecule has 1 aromatic rings. The first kappa shape index (κ1) is 25.1. The van der Waals surface area contributed by atoms with Gasteiger partial charge in [-0.2, -0.15) is 5.48 Å². The summed E-state index contributed by atoms with van der Waals surface area (Å²) in [7, 11) is -0.805. The van der Waals surface area contributed by atoms with E-state index in [1.165, 1.54) is 12.0 Å². The number of amides is 2. The minimum Gasteiger partial charge on any atom is -0.453 e. The van der Waals surface area contributed by atoms with E-state index in [-0.39, 0.29) is 24.2 Å². The molecule has 31 heavy (non-hydrogen) atoms. The van der Waals surface area contributed by atoms with Crippen LogP contribution in [0, 0.1) is 0 Å². The number of carbonyl (C=O) groups excluding carboxylic acids is 2. The lowest BCUT2D eigenvalue weighted by atomic mass is 9.98. The maximum absolute atomic E-state index is 12.4. The van der Waals surface area contributed by atoms with Crippen molar-refractivity contribution in [1.29, 1.82) is 0 Å². The van der Waals surface area contributed by atoms with Crippen LogP contribution in [0.15, 0.2) is 42.0 Å². The molecular weight excluding hydrogens is 414 g/mol. The topological polar surface area (TPSA) is 103 Å². The molecule has 9 heteroatoms. The Morgan fingerprint density at radius 3 is 2.39 bits per heavy atom. The fraction of sp³-hybridized carbons (Fsp3) is 0.545. The Morgan fingerprint density at radius 2 is 1.84 bits per heavy atom. The van der Waals surface area contributed by atoms with Gasteiger partial charge in [-0.1, -0.05) is 57.2 Å². The van der Waals surface area contributed by atoms with Gasteiger partial charge in [0, 0.05) is 6.54 Å². The monoisotopic (exact) mass is 449 g/mol. The van der Waals surface area contributed by atoms with Crippen molar-refractivity contribution < 1.29 is 23.6 Å². The Hall–Kier alpha value is -2.20. The predicted molar refractivity (Wildman–Crippen MR) is 121 cm³/mol. The summed E-state index contributed by atoms with van der Waals surface area (Å²) in [6.45, 7) is 11.4. The third-order valence-electron chi connectivity index (χ3n) is 5.87. The number of carbonyl (C=O) groups is 2. The molecule has 0 saturated carbocycles. The Bertz CT molecular complexity index is 792. The fourth-order valence-corrected chi connectivity index (χ4v) is 4.00. The number of rotatable bonds is 8. The first-order valence-corrected chi connectivity index (χ1v) is 13.3. The van der Waals surface area contributed by atoms with E-state index in [4.69, 9.17) is 19.7 Å². The molecule has 0 fully saturated rings. The quantitative estimate of drug-likeness (QED) is 0.359. The Kier molecular flexibility index (Phi) is 8.41. The number of nitrogens with two attached hydrogens (primary N) is 1. The van der Waals surface area contributed by atoms with Gasteiger partial charge in [-0.15, -0.1) is 0 Å². The van der Waals surface area contributed by atoms with Crippen LogP contribution in [0.25, 0.3) is 0 Å². The van der Waals surface area contributed by atoms with Crippen LogP contribution in [0.5, 0.6) is 0 Å². The van der Waals surface area contributed by atoms with E-state index in [9.17, 15) is 9.59 Å². The van der Waals surface area contributed by atoms with Crippen molar-refractivity contribution in [3.05, 3.63) is 47.5 Å². The molecule has 0 aromatic heterocycles. The average Bonchev–Trinajstić information content (AvgIpc) is 2.71. The van der Waals surface area contributed by atoms with Crippen molar-refractivity contribution in [2.45, 2.75) is 57.6 Å². The molecule has 0 bridgehead atoms. The molecule has 8 nitrogen and oxygen atoms in total. The molecule has 2 atom stereocenters. The van der Waals surface area contributed by atoms with Gasteiger partial charge in [-0.25, -0.2) is 4.79 Å². The third-order valence-corrected chi connectivity index (χ3v) is 10.4. The normalized spacial score (nSPS) is 19.7. The zero-order chi connectivity index (χ0) is 23.2. The van der Waals surface area contributed by atoms with Crippen LogP contribution in [0.3, 0.4) is 0 Å². The molecule has 1 aliphatic heterocycles. The lowest BCUT2D eigenvalue weighted by molar-refractivity contribution is -0.122. The van der Waals surface area contributed by atoms with Crippen LogP contribution < -0.4 is 11.2 Å². The van der Waals surface area contributed by atoms with Gasteiger partial charge in [-0.3, -0.25) is 14.5 Å². The van der Waals surface area contributed by atoms with E-state index in [2.05, 4.69) is 39.3 Å². The van der Waals surface area contributed by atoms with E-state index in [0.717, 1.165) is 5.56 Å². The number of ether oxygens (including phenoxy) is 1. The molecule has 1 heterocycles. The highest BCUT2D eigenvalue weighted by Crippen LogP contribution is 2.37. The standard InChI is InChI=1S/C22H35N3O5Si/c1-22(2,3)31(5,6)30-15-17-12-18(24-29-14-16-10-8-7-9-11-16)13-25(21(27)28-4)19(17)20(23)26/h7-12,18-19,24H,13-15H2,1-6H3,(H2,23,26). The zero-order valence-corrected chi connectivity index (χ0v) is 20.3. The first-order valence-electron chi connectivity index (χ1n) is 10.4. The van der Waals surface area contributed by atoms with Gasteiger partial charge in [0.15, 0.2) is 8.32 Å². The molecule has 2 unspecified atom stereocenters. The number of hydroxylamine groups is 1. The number of hydrogen-bond donors (Lipinski definition) is 2. The van der Waals surface area contributed by atoms with E-state index < -0.39 is 26.4 Å². The van der Waals surface area contributed by atoms with E-state index in [1.54, 1.807) is 0 Å². The molecule has 1 aliphatic rings. The Balaban J connectivity index is 2.20. The number of nitrogens with zero attached hydrogens (tertiary/aromatic N) is 1. The lowest BCUT2D eigenvalue weighted by Gasteiger charge is -2.40. The van der Waals surface area contributed by atoms with Crippen LogP contribution in [0.4, 0.5) is 4.79 Å². The predicted octanol–water partition coefficient (Wildman–Crippen LogP) is 2.96. The molecular formula is C22H35N3O5Si. The number of primary amides is 1. The minimum absolute atomic E-state index is 0.00291. The van der Waals surface area contributed by atoms with E-state index >= 15 is 0 Å². The fourth-order valence-electron chi connectivity index (χ4n) is 3.04. The van der Waals surface area contributed by atoms with Gasteiger partial charge < -0.3 is 14.9 Å². The summed E-state index contributed by atoms with van der Waals surface area (Å²) in [4.78, 5) is 31.6. The number of methoxy groups -OCH3 is 1. The summed E-state index contributed by atoms with van der Waals surface area (Å²) in [5, 5.41) is 0.00291. The van der Waals surface area contributed by atoms with Gasteiger partial charge in [0.05, 0.1) is 26.4 Å². The summed E-state index contributed by atoms with van der Waals surface area (Å²) >= 11 is 0. The second-order valence-corrected chi connectivity index (χ2v) is 14.0. The first-order chi connectivity index (χ1) is 14.5.